The highest BCUT2D eigenvalue weighted by molar-refractivity contribution is 7.99. The van der Waals surface area contributed by atoms with E-state index in [-0.39, 0.29) is 24.1 Å². The molecular formula is C19H19FN2O2S. The molecule has 2 aromatic carbocycles. The van der Waals surface area contributed by atoms with Crippen molar-refractivity contribution in [2.75, 3.05) is 22.5 Å². The van der Waals surface area contributed by atoms with Crippen molar-refractivity contribution >= 4 is 35.0 Å². The molecule has 1 fully saturated rings. The van der Waals surface area contributed by atoms with E-state index in [2.05, 4.69) is 5.32 Å². The molecule has 1 N–H and O–H groups in total. The van der Waals surface area contributed by atoms with Gasteiger partial charge in [0.1, 0.15) is 5.82 Å². The van der Waals surface area contributed by atoms with Crippen LogP contribution < -0.4 is 10.2 Å². The van der Waals surface area contributed by atoms with Gasteiger partial charge in [-0.3, -0.25) is 9.59 Å². The van der Waals surface area contributed by atoms with Gasteiger partial charge in [-0.2, -0.15) is 0 Å². The van der Waals surface area contributed by atoms with Crippen molar-refractivity contribution in [2.45, 2.75) is 24.2 Å². The van der Waals surface area contributed by atoms with Gasteiger partial charge in [-0.15, -0.1) is 11.8 Å². The second-order valence-corrected chi connectivity index (χ2v) is 6.88. The number of hydrogen-bond acceptors (Lipinski definition) is 3. The first-order valence-electron chi connectivity index (χ1n) is 8.22. The quantitative estimate of drug-likeness (QED) is 0.792. The molecule has 1 aliphatic rings. The topological polar surface area (TPSA) is 49.4 Å². The molecule has 6 heteroatoms. The first-order chi connectivity index (χ1) is 12.1. The summed E-state index contributed by atoms with van der Waals surface area (Å²) >= 11 is 1.32. The number of hydrogen-bond donors (Lipinski definition) is 1. The van der Waals surface area contributed by atoms with Crippen LogP contribution in [0.3, 0.4) is 0 Å². The first kappa shape index (κ1) is 17.5. The maximum Gasteiger partial charge on any atom is 0.227 e. The Balaban J connectivity index is 1.58. The van der Waals surface area contributed by atoms with Gasteiger partial charge in [0.15, 0.2) is 0 Å². The van der Waals surface area contributed by atoms with Gasteiger partial charge in [0, 0.05) is 30.0 Å². The number of nitrogens with one attached hydrogen (secondary N) is 1. The van der Waals surface area contributed by atoms with Crippen molar-refractivity contribution in [2.24, 2.45) is 0 Å². The van der Waals surface area contributed by atoms with E-state index in [1.165, 1.54) is 17.8 Å². The van der Waals surface area contributed by atoms with Crippen molar-refractivity contribution < 1.29 is 14.0 Å². The number of thioether (sulfide) groups is 1. The van der Waals surface area contributed by atoms with Crippen LogP contribution in [0.4, 0.5) is 15.8 Å². The van der Waals surface area contributed by atoms with Crippen LogP contribution >= 0.6 is 11.8 Å². The van der Waals surface area contributed by atoms with E-state index in [1.54, 1.807) is 29.2 Å². The number of amides is 2. The van der Waals surface area contributed by atoms with Gasteiger partial charge in [0.05, 0.1) is 11.4 Å². The minimum absolute atomic E-state index is 0.0804. The zero-order chi connectivity index (χ0) is 17.6. The molecule has 0 saturated carbocycles. The minimum atomic E-state index is -0.272. The Morgan fingerprint density at radius 1 is 1.16 bits per heavy atom. The molecule has 1 saturated heterocycles. The van der Waals surface area contributed by atoms with E-state index < -0.39 is 0 Å². The highest BCUT2D eigenvalue weighted by atomic mass is 32.2. The number of carbonyl (C=O) groups excluding carboxylic acids is 2. The molecule has 0 aliphatic carbocycles. The van der Waals surface area contributed by atoms with E-state index in [0.29, 0.717) is 29.3 Å². The lowest BCUT2D eigenvalue weighted by atomic mass is 10.2. The molecule has 25 heavy (non-hydrogen) atoms. The Labute approximate surface area is 150 Å². The zero-order valence-electron chi connectivity index (χ0n) is 13.7. The lowest BCUT2D eigenvalue weighted by Gasteiger charge is -2.20. The molecular weight excluding hydrogens is 339 g/mol. The van der Waals surface area contributed by atoms with Gasteiger partial charge in [-0.05, 0) is 30.7 Å². The van der Waals surface area contributed by atoms with Gasteiger partial charge in [0.2, 0.25) is 11.8 Å². The molecule has 0 spiro atoms. The fourth-order valence-electron chi connectivity index (χ4n) is 2.75. The molecule has 4 nitrogen and oxygen atoms in total. The van der Waals surface area contributed by atoms with Crippen LogP contribution in [0.25, 0.3) is 0 Å². The molecule has 130 valence electrons. The van der Waals surface area contributed by atoms with Gasteiger partial charge < -0.3 is 10.2 Å². The number of carbonyl (C=O) groups is 2. The van der Waals surface area contributed by atoms with Crippen LogP contribution in [0, 0.1) is 5.82 Å². The van der Waals surface area contributed by atoms with Crippen LogP contribution in [0.15, 0.2) is 53.4 Å². The highest BCUT2D eigenvalue weighted by Crippen LogP contribution is 2.29. The van der Waals surface area contributed by atoms with Crippen molar-refractivity contribution in [1.82, 2.24) is 0 Å². The third kappa shape index (κ3) is 4.39. The molecule has 1 aliphatic heterocycles. The Kier molecular flexibility index (Phi) is 5.71. The van der Waals surface area contributed by atoms with Crippen LogP contribution in [0.5, 0.6) is 0 Å². The number of rotatable bonds is 6. The monoisotopic (exact) mass is 358 g/mol. The lowest BCUT2D eigenvalue weighted by molar-refractivity contribution is -0.117. The van der Waals surface area contributed by atoms with E-state index in [1.807, 2.05) is 18.2 Å². The summed E-state index contributed by atoms with van der Waals surface area (Å²) in [4.78, 5) is 26.4. The number of anilines is 2. The summed E-state index contributed by atoms with van der Waals surface area (Å²) in [6, 6.07) is 13.8. The Bertz CT molecular complexity index is 782. The fourth-order valence-corrected chi connectivity index (χ4v) is 3.63. The predicted octanol–water partition coefficient (Wildman–Crippen LogP) is 4.07. The van der Waals surface area contributed by atoms with Crippen molar-refractivity contribution in [3.05, 3.63) is 54.3 Å². The summed E-state index contributed by atoms with van der Waals surface area (Å²) in [7, 11) is 0. The highest BCUT2D eigenvalue weighted by Gasteiger charge is 2.24. The lowest BCUT2D eigenvalue weighted by Crippen LogP contribution is -2.25. The Morgan fingerprint density at radius 3 is 2.68 bits per heavy atom. The smallest absolute Gasteiger partial charge is 0.227 e. The zero-order valence-corrected chi connectivity index (χ0v) is 14.5. The van der Waals surface area contributed by atoms with Crippen LogP contribution in [-0.2, 0) is 9.59 Å². The molecule has 3 rings (SSSR count). The maximum atomic E-state index is 13.6. The number of nitrogens with zero attached hydrogens (tertiary/aromatic N) is 1. The number of para-hydroxylation sites is 2. The first-order valence-corrected chi connectivity index (χ1v) is 9.20. The number of halogens is 1. The van der Waals surface area contributed by atoms with Crippen LogP contribution in [0.1, 0.15) is 19.3 Å². The molecule has 0 bridgehead atoms. The summed E-state index contributed by atoms with van der Waals surface area (Å²) in [5.74, 6) is 0.142. The second kappa shape index (κ2) is 8.16. The minimum Gasteiger partial charge on any atom is -0.324 e. The van der Waals surface area contributed by atoms with E-state index in [9.17, 15) is 14.0 Å². The molecule has 0 radical (unpaired) electrons. The molecule has 0 aromatic heterocycles. The summed E-state index contributed by atoms with van der Waals surface area (Å²) in [5, 5.41) is 2.87. The molecule has 2 amide bonds. The average Bonchev–Trinajstić information content (AvgIpc) is 3.03. The molecule has 2 aromatic rings. The van der Waals surface area contributed by atoms with E-state index in [4.69, 9.17) is 0 Å². The Hall–Kier alpha value is -2.34. The van der Waals surface area contributed by atoms with Gasteiger partial charge >= 0.3 is 0 Å². The third-order valence-electron chi connectivity index (χ3n) is 3.97. The largest absolute Gasteiger partial charge is 0.324 e. The third-order valence-corrected chi connectivity index (χ3v) is 5.02. The second-order valence-electron chi connectivity index (χ2n) is 5.74. The summed E-state index contributed by atoms with van der Waals surface area (Å²) < 4.78 is 13.6. The Morgan fingerprint density at radius 2 is 1.92 bits per heavy atom. The SMILES string of the molecule is O=C(CCSc1ccccc1F)Nc1ccccc1N1CCCC1=O. The molecule has 1 heterocycles. The van der Waals surface area contributed by atoms with Gasteiger partial charge in [0.25, 0.3) is 0 Å². The summed E-state index contributed by atoms with van der Waals surface area (Å²) in [6.07, 6.45) is 1.64. The van der Waals surface area contributed by atoms with Crippen molar-refractivity contribution in [1.29, 1.82) is 0 Å². The van der Waals surface area contributed by atoms with Crippen LogP contribution in [0.2, 0.25) is 0 Å². The fraction of sp³-hybridized carbons (Fsp3) is 0.263. The van der Waals surface area contributed by atoms with Crippen molar-refractivity contribution in [3.8, 4) is 0 Å². The summed E-state index contributed by atoms with van der Waals surface area (Å²) in [6.45, 7) is 0.675. The maximum absolute atomic E-state index is 13.6. The normalized spacial score (nSPS) is 14.0. The molecule has 0 unspecified atom stereocenters. The van der Waals surface area contributed by atoms with Gasteiger partial charge in [-0.25, -0.2) is 4.39 Å². The van der Waals surface area contributed by atoms with Crippen molar-refractivity contribution in [3.63, 3.8) is 0 Å². The average molecular weight is 358 g/mol. The van der Waals surface area contributed by atoms with E-state index in [0.717, 1.165) is 12.1 Å². The molecule has 0 atom stereocenters. The summed E-state index contributed by atoms with van der Waals surface area (Å²) in [5.41, 5.74) is 1.37. The van der Waals surface area contributed by atoms with Crippen LogP contribution in [-0.4, -0.2) is 24.1 Å². The van der Waals surface area contributed by atoms with E-state index >= 15 is 0 Å². The standard InChI is InChI=1S/C19H19FN2O2S/c20-14-6-1-4-9-17(14)25-13-11-18(23)21-15-7-2-3-8-16(15)22-12-5-10-19(22)24/h1-4,6-9H,5,10-13H2,(H,21,23). The number of benzene rings is 2. The predicted molar refractivity (Wildman–Crippen MR) is 98.4 cm³/mol. The van der Waals surface area contributed by atoms with Gasteiger partial charge in [-0.1, -0.05) is 24.3 Å².